The molecular weight excluding hydrogens is 238 g/mol. The smallest absolute Gasteiger partial charge is 0.161 e. The van der Waals surface area contributed by atoms with Crippen LogP contribution in [0.2, 0.25) is 0 Å². The molecule has 0 bridgehead atoms. The highest BCUT2D eigenvalue weighted by molar-refractivity contribution is 5.44. The summed E-state index contributed by atoms with van der Waals surface area (Å²) in [5, 5.41) is 3.59. The van der Waals surface area contributed by atoms with Crippen LogP contribution in [0.5, 0.6) is 11.5 Å². The van der Waals surface area contributed by atoms with Crippen molar-refractivity contribution < 1.29 is 9.47 Å². The Kier molecular flexibility index (Phi) is 3.92. The van der Waals surface area contributed by atoms with Crippen molar-refractivity contribution in [2.45, 2.75) is 44.6 Å². The molecule has 19 heavy (non-hydrogen) atoms. The summed E-state index contributed by atoms with van der Waals surface area (Å²) in [5.74, 6) is 2.48. The van der Waals surface area contributed by atoms with Crippen molar-refractivity contribution in [3.63, 3.8) is 0 Å². The molecule has 3 heteroatoms. The molecule has 0 saturated heterocycles. The first-order chi connectivity index (χ1) is 9.36. The largest absolute Gasteiger partial charge is 0.486 e. The zero-order valence-electron chi connectivity index (χ0n) is 11.7. The standard InChI is InChI=1S/C16H23NO2/c1-2-17-14-5-3-4-12(10-14)13-6-7-15-16(11-13)19-9-8-18-15/h6-7,11-12,14,17H,2-5,8-10H2,1H3. The Hall–Kier alpha value is -1.22. The molecule has 0 aromatic heterocycles. The molecule has 3 nitrogen and oxygen atoms in total. The van der Waals surface area contributed by atoms with Crippen LogP contribution in [0.25, 0.3) is 0 Å². The lowest BCUT2D eigenvalue weighted by Crippen LogP contribution is -2.33. The van der Waals surface area contributed by atoms with Crippen molar-refractivity contribution in [2.24, 2.45) is 0 Å². The second-order valence-corrected chi connectivity index (χ2v) is 5.52. The monoisotopic (exact) mass is 261 g/mol. The van der Waals surface area contributed by atoms with Gasteiger partial charge in [0.05, 0.1) is 0 Å². The normalized spacial score (nSPS) is 26.2. The molecule has 1 aliphatic heterocycles. The fourth-order valence-electron chi connectivity index (χ4n) is 3.28. The van der Waals surface area contributed by atoms with Gasteiger partial charge in [0.1, 0.15) is 13.2 Å². The molecule has 0 amide bonds. The lowest BCUT2D eigenvalue weighted by atomic mass is 9.81. The molecule has 1 aromatic carbocycles. The van der Waals surface area contributed by atoms with Crippen molar-refractivity contribution in [2.75, 3.05) is 19.8 Å². The van der Waals surface area contributed by atoms with E-state index in [2.05, 4.69) is 30.4 Å². The van der Waals surface area contributed by atoms with Crippen molar-refractivity contribution in [1.82, 2.24) is 5.32 Å². The summed E-state index contributed by atoms with van der Waals surface area (Å²) in [6.45, 7) is 4.59. The molecule has 104 valence electrons. The zero-order chi connectivity index (χ0) is 13.1. The fraction of sp³-hybridized carbons (Fsp3) is 0.625. The molecule has 1 aromatic rings. The van der Waals surface area contributed by atoms with Gasteiger partial charge < -0.3 is 14.8 Å². The first kappa shape index (κ1) is 12.8. The Balaban J connectivity index is 1.74. The van der Waals surface area contributed by atoms with E-state index in [1.807, 2.05) is 0 Å². The second-order valence-electron chi connectivity index (χ2n) is 5.52. The highest BCUT2D eigenvalue weighted by Gasteiger charge is 2.24. The topological polar surface area (TPSA) is 30.5 Å². The number of fused-ring (bicyclic) bond motifs is 1. The minimum Gasteiger partial charge on any atom is -0.486 e. The third-order valence-electron chi connectivity index (χ3n) is 4.20. The molecule has 2 aliphatic rings. The van der Waals surface area contributed by atoms with Gasteiger partial charge in [-0.3, -0.25) is 0 Å². The van der Waals surface area contributed by atoms with Crippen LogP contribution >= 0.6 is 0 Å². The van der Waals surface area contributed by atoms with Crippen LogP contribution in [0, 0.1) is 0 Å². The molecular formula is C16H23NO2. The minimum atomic E-state index is 0.661. The van der Waals surface area contributed by atoms with Gasteiger partial charge in [0.2, 0.25) is 0 Å². The van der Waals surface area contributed by atoms with E-state index >= 15 is 0 Å². The number of hydrogen-bond acceptors (Lipinski definition) is 3. The number of rotatable bonds is 3. The van der Waals surface area contributed by atoms with Crippen LogP contribution in [-0.4, -0.2) is 25.8 Å². The highest BCUT2D eigenvalue weighted by atomic mass is 16.6. The van der Waals surface area contributed by atoms with E-state index in [0.29, 0.717) is 25.2 Å². The van der Waals surface area contributed by atoms with Crippen LogP contribution in [0.3, 0.4) is 0 Å². The maximum Gasteiger partial charge on any atom is 0.161 e. The van der Waals surface area contributed by atoms with Gasteiger partial charge in [0.15, 0.2) is 11.5 Å². The Morgan fingerprint density at radius 2 is 2.00 bits per heavy atom. The minimum absolute atomic E-state index is 0.661. The molecule has 2 unspecified atom stereocenters. The third kappa shape index (κ3) is 2.86. The fourth-order valence-corrected chi connectivity index (χ4v) is 3.28. The van der Waals surface area contributed by atoms with Crippen molar-refractivity contribution in [3.05, 3.63) is 23.8 Å². The van der Waals surface area contributed by atoms with E-state index in [0.717, 1.165) is 18.0 Å². The summed E-state index contributed by atoms with van der Waals surface area (Å²) in [7, 11) is 0. The summed E-state index contributed by atoms with van der Waals surface area (Å²) >= 11 is 0. The van der Waals surface area contributed by atoms with Crippen LogP contribution in [-0.2, 0) is 0 Å². The quantitative estimate of drug-likeness (QED) is 0.907. The SMILES string of the molecule is CCNC1CCCC(c2ccc3c(c2)OCCO3)C1. The van der Waals surface area contributed by atoms with Gasteiger partial charge in [-0.25, -0.2) is 0 Å². The summed E-state index contributed by atoms with van der Waals surface area (Å²) < 4.78 is 11.3. The van der Waals surface area contributed by atoms with E-state index in [9.17, 15) is 0 Å². The lowest BCUT2D eigenvalue weighted by Gasteiger charge is -2.30. The van der Waals surface area contributed by atoms with Gasteiger partial charge in [-0.2, -0.15) is 0 Å². The van der Waals surface area contributed by atoms with E-state index in [4.69, 9.17) is 9.47 Å². The molecule has 2 atom stereocenters. The van der Waals surface area contributed by atoms with Crippen LogP contribution in [0.4, 0.5) is 0 Å². The average Bonchev–Trinajstić information content (AvgIpc) is 2.47. The van der Waals surface area contributed by atoms with E-state index < -0.39 is 0 Å². The number of nitrogens with one attached hydrogen (secondary N) is 1. The number of ether oxygens (including phenoxy) is 2. The highest BCUT2D eigenvalue weighted by Crippen LogP contribution is 2.38. The van der Waals surface area contributed by atoms with Gasteiger partial charge in [0, 0.05) is 6.04 Å². The van der Waals surface area contributed by atoms with Gasteiger partial charge >= 0.3 is 0 Å². The Morgan fingerprint density at radius 3 is 2.84 bits per heavy atom. The molecule has 1 fully saturated rings. The summed E-state index contributed by atoms with van der Waals surface area (Å²) in [5.41, 5.74) is 1.41. The Bertz CT molecular complexity index is 431. The third-order valence-corrected chi connectivity index (χ3v) is 4.20. The molecule has 1 N–H and O–H groups in total. The summed E-state index contributed by atoms with van der Waals surface area (Å²) in [6.07, 6.45) is 5.17. The van der Waals surface area contributed by atoms with Gasteiger partial charge in [-0.05, 0) is 49.4 Å². The molecule has 1 aliphatic carbocycles. The van der Waals surface area contributed by atoms with Crippen LogP contribution in [0.15, 0.2) is 18.2 Å². The van der Waals surface area contributed by atoms with Crippen LogP contribution in [0.1, 0.15) is 44.1 Å². The molecule has 1 saturated carbocycles. The molecule has 1 heterocycles. The van der Waals surface area contributed by atoms with Crippen LogP contribution < -0.4 is 14.8 Å². The zero-order valence-corrected chi connectivity index (χ0v) is 11.7. The first-order valence-corrected chi connectivity index (χ1v) is 7.49. The number of hydrogen-bond donors (Lipinski definition) is 1. The lowest BCUT2D eigenvalue weighted by molar-refractivity contribution is 0.171. The van der Waals surface area contributed by atoms with Crippen molar-refractivity contribution >= 4 is 0 Å². The summed E-state index contributed by atoms with van der Waals surface area (Å²) in [6, 6.07) is 7.15. The first-order valence-electron chi connectivity index (χ1n) is 7.49. The van der Waals surface area contributed by atoms with E-state index in [1.54, 1.807) is 0 Å². The van der Waals surface area contributed by atoms with Crippen molar-refractivity contribution in [1.29, 1.82) is 0 Å². The number of benzene rings is 1. The maximum absolute atomic E-state index is 5.69. The predicted molar refractivity (Wildman–Crippen MR) is 76.1 cm³/mol. The summed E-state index contributed by atoms with van der Waals surface area (Å²) in [4.78, 5) is 0. The second kappa shape index (κ2) is 5.83. The maximum atomic E-state index is 5.69. The predicted octanol–water partition coefficient (Wildman–Crippen LogP) is 3.09. The van der Waals surface area contributed by atoms with Gasteiger partial charge in [-0.15, -0.1) is 0 Å². The van der Waals surface area contributed by atoms with Gasteiger partial charge in [-0.1, -0.05) is 19.4 Å². The average molecular weight is 261 g/mol. The molecule has 0 spiro atoms. The Labute approximate surface area is 115 Å². The van der Waals surface area contributed by atoms with E-state index in [-0.39, 0.29) is 0 Å². The Morgan fingerprint density at radius 1 is 1.16 bits per heavy atom. The molecule has 0 radical (unpaired) electrons. The van der Waals surface area contributed by atoms with Crippen molar-refractivity contribution in [3.8, 4) is 11.5 Å². The van der Waals surface area contributed by atoms with Gasteiger partial charge in [0.25, 0.3) is 0 Å². The van der Waals surface area contributed by atoms with E-state index in [1.165, 1.54) is 31.2 Å². The molecule has 3 rings (SSSR count).